The lowest BCUT2D eigenvalue weighted by atomic mass is 9.98. The normalized spacial score (nSPS) is 18.4. The predicted molar refractivity (Wildman–Crippen MR) is 106 cm³/mol. The Bertz CT molecular complexity index is 833. The highest BCUT2D eigenvalue weighted by Gasteiger charge is 2.32. The molecular weight excluding hydrogens is 354 g/mol. The molecule has 0 bridgehead atoms. The van der Waals surface area contributed by atoms with E-state index in [0.717, 1.165) is 19.3 Å². The van der Waals surface area contributed by atoms with Crippen LogP contribution in [0.3, 0.4) is 0 Å². The van der Waals surface area contributed by atoms with Gasteiger partial charge in [-0.2, -0.15) is 0 Å². The van der Waals surface area contributed by atoms with Crippen LogP contribution in [0.4, 0.5) is 4.79 Å². The van der Waals surface area contributed by atoms with Crippen LogP contribution in [0.5, 0.6) is 0 Å². The largest absolute Gasteiger partial charge is 0.481 e. The lowest BCUT2D eigenvalue weighted by Crippen LogP contribution is -2.44. The van der Waals surface area contributed by atoms with Crippen molar-refractivity contribution in [3.63, 3.8) is 0 Å². The molecule has 2 aliphatic rings. The van der Waals surface area contributed by atoms with Crippen LogP contribution in [0.1, 0.15) is 49.1 Å². The molecule has 0 spiro atoms. The molecule has 1 N–H and O–H groups in total. The summed E-state index contributed by atoms with van der Waals surface area (Å²) in [6.07, 6.45) is 3.05. The molecule has 0 aromatic heterocycles. The average Bonchev–Trinajstić information content (AvgIpc) is 3.04. The van der Waals surface area contributed by atoms with Crippen molar-refractivity contribution in [2.75, 3.05) is 13.2 Å². The Morgan fingerprint density at radius 2 is 1.64 bits per heavy atom. The zero-order chi connectivity index (χ0) is 19.5. The molecule has 28 heavy (non-hydrogen) atoms. The number of ether oxygens (including phenoxy) is 1. The van der Waals surface area contributed by atoms with Crippen molar-refractivity contribution in [1.29, 1.82) is 0 Å². The highest BCUT2D eigenvalue weighted by Crippen LogP contribution is 2.44. The number of carboxylic acid groups (broad SMARTS) is 1. The molecule has 1 atom stereocenters. The first-order chi connectivity index (χ1) is 13.6. The molecule has 0 unspecified atom stereocenters. The van der Waals surface area contributed by atoms with E-state index in [9.17, 15) is 9.59 Å². The Kier molecular flexibility index (Phi) is 5.33. The maximum Gasteiger partial charge on any atom is 0.410 e. The van der Waals surface area contributed by atoms with Crippen molar-refractivity contribution >= 4 is 12.1 Å². The molecular formula is C23H25NO4. The van der Waals surface area contributed by atoms with Gasteiger partial charge in [-0.1, -0.05) is 48.5 Å². The van der Waals surface area contributed by atoms with Gasteiger partial charge in [-0.15, -0.1) is 0 Å². The number of amides is 1. The van der Waals surface area contributed by atoms with Crippen molar-refractivity contribution in [3.05, 3.63) is 59.7 Å². The van der Waals surface area contributed by atoms with Gasteiger partial charge in [0, 0.05) is 24.9 Å². The lowest BCUT2D eigenvalue weighted by Gasteiger charge is -2.35. The molecule has 1 saturated heterocycles. The second-order valence-electron chi connectivity index (χ2n) is 7.58. The first kappa shape index (κ1) is 18.5. The number of benzene rings is 2. The molecule has 4 rings (SSSR count). The van der Waals surface area contributed by atoms with Gasteiger partial charge in [0.2, 0.25) is 0 Å². The quantitative estimate of drug-likeness (QED) is 0.821. The molecule has 5 nitrogen and oxygen atoms in total. The van der Waals surface area contributed by atoms with Crippen LogP contribution in [0.2, 0.25) is 0 Å². The van der Waals surface area contributed by atoms with E-state index in [1.807, 2.05) is 24.3 Å². The number of carboxylic acids is 1. The molecule has 1 heterocycles. The SMILES string of the molecule is O=C(O)CC[C@@H]1CCCCN1C(=O)OCC1c2ccccc2-c2ccccc21. The van der Waals surface area contributed by atoms with Crippen LogP contribution in [0.25, 0.3) is 11.1 Å². The molecule has 0 saturated carbocycles. The minimum atomic E-state index is -0.821. The van der Waals surface area contributed by atoms with Crippen molar-refractivity contribution in [2.45, 2.75) is 44.1 Å². The van der Waals surface area contributed by atoms with E-state index in [4.69, 9.17) is 9.84 Å². The summed E-state index contributed by atoms with van der Waals surface area (Å²) in [7, 11) is 0. The molecule has 146 valence electrons. The summed E-state index contributed by atoms with van der Waals surface area (Å²) in [6, 6.07) is 16.5. The molecule has 2 aromatic rings. The second-order valence-corrected chi connectivity index (χ2v) is 7.58. The van der Waals surface area contributed by atoms with Crippen molar-refractivity contribution < 1.29 is 19.4 Å². The van der Waals surface area contributed by atoms with Gasteiger partial charge in [0.05, 0.1) is 0 Å². The highest BCUT2D eigenvalue weighted by molar-refractivity contribution is 5.79. The van der Waals surface area contributed by atoms with Gasteiger partial charge in [-0.25, -0.2) is 4.79 Å². The Hall–Kier alpha value is -2.82. The maximum atomic E-state index is 12.8. The Morgan fingerprint density at radius 3 is 2.29 bits per heavy atom. The summed E-state index contributed by atoms with van der Waals surface area (Å²) in [5.41, 5.74) is 4.79. The fraction of sp³-hybridized carbons (Fsp3) is 0.391. The Morgan fingerprint density at radius 1 is 1.00 bits per heavy atom. The summed E-state index contributed by atoms with van der Waals surface area (Å²) in [5.74, 6) is -0.781. The standard InChI is InChI=1S/C23H25NO4/c25-22(26)13-12-16-7-5-6-14-24(16)23(27)28-15-21-19-10-3-1-8-17(19)18-9-2-4-11-20(18)21/h1-4,8-11,16,21H,5-7,12-15H2,(H,25,26)/t16-/m0/s1. The van der Waals surface area contributed by atoms with E-state index in [2.05, 4.69) is 24.3 Å². The van der Waals surface area contributed by atoms with Crippen LogP contribution in [0, 0.1) is 0 Å². The van der Waals surface area contributed by atoms with Gasteiger partial charge >= 0.3 is 12.1 Å². The van der Waals surface area contributed by atoms with E-state index >= 15 is 0 Å². The number of piperidine rings is 1. The number of nitrogens with zero attached hydrogens (tertiary/aromatic N) is 1. The van der Waals surface area contributed by atoms with Crippen LogP contribution >= 0.6 is 0 Å². The van der Waals surface area contributed by atoms with E-state index in [-0.39, 0.29) is 24.5 Å². The van der Waals surface area contributed by atoms with Crippen LogP contribution in [-0.2, 0) is 9.53 Å². The highest BCUT2D eigenvalue weighted by atomic mass is 16.6. The molecule has 5 heteroatoms. The third-order valence-electron chi connectivity index (χ3n) is 5.89. The predicted octanol–water partition coefficient (Wildman–Crippen LogP) is 4.65. The number of hydrogen-bond acceptors (Lipinski definition) is 3. The fourth-order valence-electron chi connectivity index (χ4n) is 4.51. The molecule has 0 radical (unpaired) electrons. The van der Waals surface area contributed by atoms with E-state index in [1.54, 1.807) is 4.90 Å². The monoisotopic (exact) mass is 379 g/mol. The van der Waals surface area contributed by atoms with Crippen LogP contribution in [0.15, 0.2) is 48.5 Å². The van der Waals surface area contributed by atoms with Gasteiger partial charge in [0.25, 0.3) is 0 Å². The minimum Gasteiger partial charge on any atom is -0.481 e. The van der Waals surface area contributed by atoms with Gasteiger partial charge in [-0.05, 0) is 47.9 Å². The van der Waals surface area contributed by atoms with E-state index < -0.39 is 5.97 Å². The summed E-state index contributed by atoms with van der Waals surface area (Å²) in [4.78, 5) is 25.4. The van der Waals surface area contributed by atoms with Gasteiger partial charge in [-0.3, -0.25) is 4.79 Å². The number of carbonyl (C=O) groups is 2. The summed E-state index contributed by atoms with van der Waals surface area (Å²) < 4.78 is 5.76. The Balaban J connectivity index is 1.46. The van der Waals surface area contributed by atoms with Crippen molar-refractivity contribution in [3.8, 4) is 11.1 Å². The first-order valence-corrected chi connectivity index (χ1v) is 9.98. The van der Waals surface area contributed by atoms with Gasteiger partial charge < -0.3 is 14.7 Å². The number of hydrogen-bond donors (Lipinski definition) is 1. The summed E-state index contributed by atoms with van der Waals surface area (Å²) >= 11 is 0. The number of fused-ring (bicyclic) bond motifs is 3. The van der Waals surface area contributed by atoms with Crippen LogP contribution in [-0.4, -0.2) is 41.3 Å². The topological polar surface area (TPSA) is 66.8 Å². The third-order valence-corrected chi connectivity index (χ3v) is 5.89. The maximum absolute atomic E-state index is 12.8. The zero-order valence-corrected chi connectivity index (χ0v) is 15.8. The van der Waals surface area contributed by atoms with Crippen molar-refractivity contribution in [2.24, 2.45) is 0 Å². The van der Waals surface area contributed by atoms with Crippen LogP contribution < -0.4 is 0 Å². The van der Waals surface area contributed by atoms with Gasteiger partial charge in [0.1, 0.15) is 6.61 Å². The van der Waals surface area contributed by atoms with Gasteiger partial charge in [0.15, 0.2) is 0 Å². The minimum absolute atomic E-state index is 0.0404. The molecule has 1 fully saturated rings. The smallest absolute Gasteiger partial charge is 0.410 e. The van der Waals surface area contributed by atoms with E-state index in [1.165, 1.54) is 22.3 Å². The average molecular weight is 379 g/mol. The molecule has 2 aromatic carbocycles. The second kappa shape index (κ2) is 8.05. The number of aliphatic carboxylic acids is 1. The van der Waals surface area contributed by atoms with E-state index in [0.29, 0.717) is 19.6 Å². The summed E-state index contributed by atoms with van der Waals surface area (Å²) in [5, 5.41) is 8.97. The first-order valence-electron chi connectivity index (χ1n) is 9.98. The molecule has 1 amide bonds. The molecule has 1 aliphatic heterocycles. The third kappa shape index (κ3) is 3.61. The fourth-order valence-corrected chi connectivity index (χ4v) is 4.51. The summed E-state index contributed by atoms with van der Waals surface area (Å²) in [6.45, 7) is 0.940. The Labute approximate surface area is 164 Å². The zero-order valence-electron chi connectivity index (χ0n) is 15.8. The number of carbonyl (C=O) groups excluding carboxylic acids is 1. The number of rotatable bonds is 5. The molecule has 1 aliphatic carbocycles. The number of likely N-dealkylation sites (tertiary alicyclic amines) is 1. The van der Waals surface area contributed by atoms with Crippen molar-refractivity contribution in [1.82, 2.24) is 4.90 Å². The lowest BCUT2D eigenvalue weighted by molar-refractivity contribution is -0.137.